The molecule has 6 nitrogen and oxygen atoms in total. The zero-order chi connectivity index (χ0) is 19.8. The highest BCUT2D eigenvalue weighted by molar-refractivity contribution is 6.13. The van der Waals surface area contributed by atoms with Crippen LogP contribution in [0.2, 0.25) is 0 Å². The maximum Gasteiger partial charge on any atom is 0.338 e. The molecule has 5 rings (SSSR count). The number of H-pyrrole nitrogens is 1. The lowest BCUT2D eigenvalue weighted by Crippen LogP contribution is -2.15. The minimum atomic E-state index is -0.462. The molecule has 6 heteroatoms. The van der Waals surface area contributed by atoms with E-state index in [1.165, 1.54) is 0 Å². The summed E-state index contributed by atoms with van der Waals surface area (Å²) in [6.45, 7) is 0.0134. The topological polar surface area (TPSA) is 77.0 Å². The number of rotatable bonds is 4. The van der Waals surface area contributed by atoms with Crippen LogP contribution in [0.15, 0.2) is 73.1 Å². The highest BCUT2D eigenvalue weighted by atomic mass is 16.5. The number of carbonyl (C=O) groups excluding carboxylic acids is 2. The van der Waals surface area contributed by atoms with Crippen molar-refractivity contribution in [1.29, 1.82) is 0 Å². The summed E-state index contributed by atoms with van der Waals surface area (Å²) in [5.41, 5.74) is 3.68. The van der Waals surface area contributed by atoms with Crippen molar-refractivity contribution in [3.8, 4) is 0 Å². The van der Waals surface area contributed by atoms with Gasteiger partial charge >= 0.3 is 5.97 Å². The summed E-state index contributed by atoms with van der Waals surface area (Å²) in [5.74, 6) is -0.573. The molecule has 0 fully saturated rings. The second-order valence-electron chi connectivity index (χ2n) is 6.78. The number of imidazole rings is 1. The third-order valence-electron chi connectivity index (χ3n) is 5.03. The molecule has 0 aliphatic heterocycles. The molecule has 0 aliphatic rings. The van der Waals surface area contributed by atoms with E-state index in [9.17, 15) is 9.59 Å². The largest absolute Gasteiger partial charge is 0.462 e. The normalized spacial score (nSPS) is 11.3. The van der Waals surface area contributed by atoms with Gasteiger partial charge in [0.25, 0.3) is 0 Å². The number of nitrogens with zero attached hydrogens (tertiary/aromatic N) is 2. The van der Waals surface area contributed by atoms with E-state index in [4.69, 9.17) is 4.74 Å². The van der Waals surface area contributed by atoms with Crippen LogP contribution < -0.4 is 0 Å². The number of para-hydroxylation sites is 2. The molecule has 0 aliphatic carbocycles. The molecule has 0 unspecified atom stereocenters. The monoisotopic (exact) mass is 383 g/mol. The van der Waals surface area contributed by atoms with Crippen LogP contribution in [-0.4, -0.2) is 33.0 Å². The quantitative estimate of drug-likeness (QED) is 0.462. The molecular weight excluding hydrogens is 366 g/mol. The van der Waals surface area contributed by atoms with Crippen molar-refractivity contribution in [2.45, 2.75) is 6.42 Å². The van der Waals surface area contributed by atoms with E-state index in [0.717, 1.165) is 32.8 Å². The van der Waals surface area contributed by atoms with Crippen LogP contribution in [0.1, 0.15) is 21.6 Å². The lowest BCUT2D eigenvalue weighted by Gasteiger charge is -2.07. The predicted octanol–water partition coefficient (Wildman–Crippen LogP) is 4.56. The number of hydrogen-bond donors (Lipinski definition) is 1. The Kier molecular flexibility index (Phi) is 4.09. The summed E-state index contributed by atoms with van der Waals surface area (Å²) < 4.78 is 7.04. The molecular formula is C23H17N3O3. The molecule has 1 N–H and O–H groups in total. The Morgan fingerprint density at radius 3 is 2.34 bits per heavy atom. The number of nitrogens with one attached hydrogen (secondary N) is 1. The molecule has 5 aromatic rings. The number of benzene rings is 3. The fourth-order valence-electron chi connectivity index (χ4n) is 3.68. The maximum absolute atomic E-state index is 13.0. The Hall–Kier alpha value is -3.93. The number of esters is 1. The summed E-state index contributed by atoms with van der Waals surface area (Å²) in [6, 6.07) is 20.7. The van der Waals surface area contributed by atoms with E-state index < -0.39 is 5.97 Å². The zero-order valence-corrected chi connectivity index (χ0v) is 15.5. The molecule has 0 bridgehead atoms. The van der Waals surface area contributed by atoms with E-state index in [1.54, 1.807) is 29.1 Å². The van der Waals surface area contributed by atoms with Crippen molar-refractivity contribution in [2.24, 2.45) is 0 Å². The number of ether oxygens (including phenoxy) is 1. The van der Waals surface area contributed by atoms with E-state index in [0.29, 0.717) is 5.56 Å². The Bertz CT molecular complexity index is 1330. The van der Waals surface area contributed by atoms with Crippen LogP contribution in [0.5, 0.6) is 0 Å². The van der Waals surface area contributed by atoms with Gasteiger partial charge in [-0.15, -0.1) is 0 Å². The molecule has 142 valence electrons. The van der Waals surface area contributed by atoms with Gasteiger partial charge in [0.1, 0.15) is 6.61 Å². The molecule has 0 atom stereocenters. The second kappa shape index (κ2) is 6.91. The van der Waals surface area contributed by atoms with Gasteiger partial charge in [-0.25, -0.2) is 9.78 Å². The van der Waals surface area contributed by atoms with Gasteiger partial charge in [0.05, 0.1) is 40.4 Å². The summed E-state index contributed by atoms with van der Waals surface area (Å²) in [4.78, 5) is 32.4. The Morgan fingerprint density at radius 1 is 0.931 bits per heavy atom. The predicted molar refractivity (Wildman–Crippen MR) is 111 cm³/mol. The SMILES string of the molecule is O=C(OCCC(=O)n1c2ccccc2c2ccccc21)c1ccc2nc[nH]c2c1. The first-order valence-corrected chi connectivity index (χ1v) is 9.34. The van der Waals surface area contributed by atoms with Gasteiger partial charge in [-0.1, -0.05) is 36.4 Å². The highest BCUT2D eigenvalue weighted by Crippen LogP contribution is 2.28. The van der Waals surface area contributed by atoms with Crippen molar-refractivity contribution in [2.75, 3.05) is 6.61 Å². The van der Waals surface area contributed by atoms with Gasteiger partial charge in [0.2, 0.25) is 5.91 Å². The first kappa shape index (κ1) is 17.2. The van der Waals surface area contributed by atoms with E-state index in [1.807, 2.05) is 48.5 Å². The van der Waals surface area contributed by atoms with E-state index in [2.05, 4.69) is 9.97 Å². The molecule has 0 radical (unpaired) electrons. The van der Waals surface area contributed by atoms with Crippen molar-refractivity contribution in [1.82, 2.24) is 14.5 Å². The van der Waals surface area contributed by atoms with Crippen molar-refractivity contribution >= 4 is 44.7 Å². The fourth-order valence-corrected chi connectivity index (χ4v) is 3.68. The third-order valence-corrected chi connectivity index (χ3v) is 5.03. The number of aromatic amines is 1. The minimum Gasteiger partial charge on any atom is -0.462 e. The van der Waals surface area contributed by atoms with Crippen molar-refractivity contribution in [3.05, 3.63) is 78.6 Å². The molecule has 29 heavy (non-hydrogen) atoms. The van der Waals surface area contributed by atoms with Gasteiger partial charge in [0, 0.05) is 10.8 Å². The molecule has 0 amide bonds. The zero-order valence-electron chi connectivity index (χ0n) is 15.5. The van der Waals surface area contributed by atoms with Gasteiger partial charge in [-0.3, -0.25) is 9.36 Å². The van der Waals surface area contributed by atoms with E-state index >= 15 is 0 Å². The first-order chi connectivity index (χ1) is 14.2. The Balaban J connectivity index is 1.35. The second-order valence-corrected chi connectivity index (χ2v) is 6.78. The summed E-state index contributed by atoms with van der Waals surface area (Å²) in [7, 11) is 0. The molecule has 2 aromatic heterocycles. The van der Waals surface area contributed by atoms with Crippen LogP contribution in [0.4, 0.5) is 0 Å². The number of fused-ring (bicyclic) bond motifs is 4. The molecule has 0 spiro atoms. The van der Waals surface area contributed by atoms with Gasteiger partial charge in [-0.05, 0) is 30.3 Å². The summed E-state index contributed by atoms with van der Waals surface area (Å²) in [5, 5.41) is 2.06. The first-order valence-electron chi connectivity index (χ1n) is 9.34. The van der Waals surface area contributed by atoms with Gasteiger partial charge in [-0.2, -0.15) is 0 Å². The van der Waals surface area contributed by atoms with Crippen LogP contribution in [0.25, 0.3) is 32.8 Å². The fraction of sp³-hybridized carbons (Fsp3) is 0.0870. The highest BCUT2D eigenvalue weighted by Gasteiger charge is 2.16. The minimum absolute atomic E-state index is 0.0134. The van der Waals surface area contributed by atoms with Gasteiger partial charge in [0.15, 0.2) is 0 Å². The number of carbonyl (C=O) groups is 2. The van der Waals surface area contributed by atoms with Gasteiger partial charge < -0.3 is 9.72 Å². The molecule has 0 saturated carbocycles. The average Bonchev–Trinajstić information content (AvgIpc) is 3.35. The third kappa shape index (κ3) is 2.95. The standard InChI is InChI=1S/C23H17N3O3/c27-22(11-12-29-23(28)15-9-10-18-19(13-15)25-14-24-18)26-20-7-3-1-5-16(20)17-6-2-4-8-21(17)26/h1-10,13-14H,11-12H2,(H,24,25). The summed E-state index contributed by atoms with van der Waals surface area (Å²) in [6.07, 6.45) is 1.67. The molecule has 0 saturated heterocycles. The summed E-state index contributed by atoms with van der Waals surface area (Å²) >= 11 is 0. The van der Waals surface area contributed by atoms with E-state index in [-0.39, 0.29) is 18.9 Å². The van der Waals surface area contributed by atoms with Crippen LogP contribution in [0, 0.1) is 0 Å². The van der Waals surface area contributed by atoms with Crippen LogP contribution >= 0.6 is 0 Å². The Morgan fingerprint density at radius 2 is 1.62 bits per heavy atom. The molecule has 2 heterocycles. The smallest absolute Gasteiger partial charge is 0.338 e. The van der Waals surface area contributed by atoms with Crippen molar-refractivity contribution in [3.63, 3.8) is 0 Å². The molecule has 3 aromatic carbocycles. The van der Waals surface area contributed by atoms with Crippen LogP contribution in [0.3, 0.4) is 0 Å². The lowest BCUT2D eigenvalue weighted by molar-refractivity contribution is 0.0490. The average molecular weight is 383 g/mol. The van der Waals surface area contributed by atoms with Crippen LogP contribution in [-0.2, 0) is 4.74 Å². The van der Waals surface area contributed by atoms with Crippen molar-refractivity contribution < 1.29 is 14.3 Å². The lowest BCUT2D eigenvalue weighted by atomic mass is 10.2. The number of hydrogen-bond acceptors (Lipinski definition) is 4. The maximum atomic E-state index is 13.0. The Labute approximate surface area is 165 Å². The number of aromatic nitrogens is 3.